The standard InChI is InChI=1S/C58H42/c1-5-21-45(22-6-1)57(46-23-7-2-8-24-46)41-51-31-15-13-19-43(51)33-35-53-39-55-37-49-29-17-18-30-50(49)38-56(55)40-54(53)36-34-44-20-14-16-32-52(44)42-58(47-25-9-3-10-26-47)48-27-11-4-12-28-48/h1-42H/b35-33-,36-34?. The SMILES string of the molecule is C(=Cc1cc2cc3ccccc3cc2cc1/C=C\c1ccccc1C=C(c1ccccc1)c1ccccc1)c1ccccc1C=C(c1ccccc1)c1ccccc1. The second-order valence-corrected chi connectivity index (χ2v) is 14.5. The average Bonchev–Trinajstić information content (AvgIpc) is 3.29. The molecular weight excluding hydrogens is 697 g/mol. The Balaban J connectivity index is 1.15. The first-order valence-corrected chi connectivity index (χ1v) is 19.9. The van der Waals surface area contributed by atoms with E-state index in [1.54, 1.807) is 0 Å². The maximum Gasteiger partial charge on any atom is -0.0105 e. The molecule has 0 atom stereocenters. The topological polar surface area (TPSA) is 0 Å². The van der Waals surface area contributed by atoms with Crippen LogP contribution in [0.4, 0.5) is 0 Å². The molecule has 9 aromatic rings. The summed E-state index contributed by atoms with van der Waals surface area (Å²) in [6.07, 6.45) is 13.7. The molecule has 0 bridgehead atoms. The van der Waals surface area contributed by atoms with Gasteiger partial charge in [0, 0.05) is 0 Å². The van der Waals surface area contributed by atoms with Crippen LogP contribution in [0.15, 0.2) is 218 Å². The molecule has 0 fully saturated rings. The molecule has 0 aliphatic rings. The van der Waals surface area contributed by atoms with Crippen molar-refractivity contribution in [2.75, 3.05) is 0 Å². The third-order valence-electron chi connectivity index (χ3n) is 10.7. The van der Waals surface area contributed by atoms with Gasteiger partial charge in [0.05, 0.1) is 0 Å². The smallest absolute Gasteiger partial charge is 0.0105 e. The molecule has 0 aromatic heterocycles. The van der Waals surface area contributed by atoms with Crippen LogP contribution in [-0.2, 0) is 0 Å². The van der Waals surface area contributed by atoms with Gasteiger partial charge in [-0.1, -0.05) is 218 Å². The molecule has 0 heteroatoms. The summed E-state index contributed by atoms with van der Waals surface area (Å²) in [7, 11) is 0. The van der Waals surface area contributed by atoms with Gasteiger partial charge in [0.2, 0.25) is 0 Å². The molecule has 0 saturated heterocycles. The summed E-state index contributed by atoms with van der Waals surface area (Å²) in [6.45, 7) is 0. The van der Waals surface area contributed by atoms with Crippen LogP contribution in [0.5, 0.6) is 0 Å². The minimum absolute atomic E-state index is 1.16. The van der Waals surface area contributed by atoms with Crippen molar-refractivity contribution in [1.29, 1.82) is 0 Å². The zero-order valence-corrected chi connectivity index (χ0v) is 32.2. The molecule has 0 N–H and O–H groups in total. The molecule has 0 amide bonds. The lowest BCUT2D eigenvalue weighted by atomic mass is 9.93. The fourth-order valence-corrected chi connectivity index (χ4v) is 7.71. The maximum atomic E-state index is 2.34. The third-order valence-corrected chi connectivity index (χ3v) is 10.7. The molecular formula is C58H42. The van der Waals surface area contributed by atoms with Gasteiger partial charge in [-0.15, -0.1) is 0 Å². The van der Waals surface area contributed by atoms with Crippen molar-refractivity contribution in [1.82, 2.24) is 0 Å². The van der Waals surface area contributed by atoms with Gasteiger partial charge in [-0.05, 0) is 125 Å². The van der Waals surface area contributed by atoms with E-state index in [0.717, 1.165) is 22.3 Å². The van der Waals surface area contributed by atoms with E-state index in [1.807, 2.05) is 0 Å². The van der Waals surface area contributed by atoms with Gasteiger partial charge in [-0.2, -0.15) is 0 Å². The summed E-state index contributed by atoms with van der Waals surface area (Å²) >= 11 is 0. The van der Waals surface area contributed by atoms with Gasteiger partial charge >= 0.3 is 0 Å². The molecule has 0 saturated carbocycles. The highest BCUT2D eigenvalue weighted by atomic mass is 14.1. The van der Waals surface area contributed by atoms with Crippen LogP contribution < -0.4 is 0 Å². The lowest BCUT2D eigenvalue weighted by Gasteiger charge is -2.11. The Kier molecular flexibility index (Phi) is 10.6. The van der Waals surface area contributed by atoms with E-state index >= 15 is 0 Å². The van der Waals surface area contributed by atoms with Crippen LogP contribution in [0.2, 0.25) is 0 Å². The molecule has 9 aromatic carbocycles. The van der Waals surface area contributed by atoms with Crippen molar-refractivity contribution in [2.24, 2.45) is 0 Å². The molecule has 0 spiro atoms. The number of fused-ring (bicyclic) bond motifs is 2. The molecule has 0 heterocycles. The number of hydrogen-bond acceptors (Lipinski definition) is 0. The summed E-state index contributed by atoms with van der Waals surface area (Å²) in [5, 5.41) is 4.92. The Morgan fingerprint density at radius 1 is 0.224 bits per heavy atom. The maximum absolute atomic E-state index is 2.34. The Bertz CT molecular complexity index is 2660. The van der Waals surface area contributed by atoms with E-state index in [4.69, 9.17) is 0 Å². The van der Waals surface area contributed by atoms with Crippen molar-refractivity contribution in [3.05, 3.63) is 274 Å². The second kappa shape index (κ2) is 17.1. The highest BCUT2D eigenvalue weighted by Gasteiger charge is 2.10. The van der Waals surface area contributed by atoms with Crippen LogP contribution >= 0.6 is 0 Å². The zero-order chi connectivity index (χ0) is 38.9. The van der Waals surface area contributed by atoms with Crippen molar-refractivity contribution in [3.8, 4) is 0 Å². The molecule has 0 unspecified atom stereocenters. The Morgan fingerprint density at radius 3 is 0.845 bits per heavy atom. The summed E-state index contributed by atoms with van der Waals surface area (Å²) in [4.78, 5) is 0. The monoisotopic (exact) mass is 738 g/mol. The number of rotatable bonds is 10. The molecule has 0 aliphatic carbocycles. The van der Waals surface area contributed by atoms with Crippen molar-refractivity contribution < 1.29 is 0 Å². The van der Waals surface area contributed by atoms with Crippen LogP contribution in [0.25, 0.3) is 69.1 Å². The van der Waals surface area contributed by atoms with E-state index in [-0.39, 0.29) is 0 Å². The summed E-state index contributed by atoms with van der Waals surface area (Å²) < 4.78 is 0. The van der Waals surface area contributed by atoms with Crippen molar-refractivity contribution >= 4 is 69.1 Å². The first kappa shape index (κ1) is 36.1. The van der Waals surface area contributed by atoms with Crippen molar-refractivity contribution in [2.45, 2.75) is 0 Å². The van der Waals surface area contributed by atoms with E-state index in [0.29, 0.717) is 0 Å². The van der Waals surface area contributed by atoms with E-state index in [9.17, 15) is 0 Å². The molecule has 9 rings (SSSR count). The molecule has 0 aliphatic heterocycles. The Hall–Kier alpha value is -7.54. The lowest BCUT2D eigenvalue weighted by Crippen LogP contribution is -1.90. The molecule has 0 nitrogen and oxygen atoms in total. The van der Waals surface area contributed by atoms with Crippen LogP contribution in [0.3, 0.4) is 0 Å². The number of hydrogen-bond donors (Lipinski definition) is 0. The molecule has 274 valence electrons. The van der Waals surface area contributed by atoms with E-state index < -0.39 is 0 Å². The summed E-state index contributed by atoms with van der Waals surface area (Å²) in [5.41, 5.74) is 14.1. The van der Waals surface area contributed by atoms with Gasteiger partial charge in [0.25, 0.3) is 0 Å². The van der Waals surface area contributed by atoms with Crippen LogP contribution in [0.1, 0.15) is 55.6 Å². The van der Waals surface area contributed by atoms with E-state index in [2.05, 4.69) is 255 Å². The minimum atomic E-state index is 1.16. The minimum Gasteiger partial charge on any atom is -0.0622 e. The zero-order valence-electron chi connectivity index (χ0n) is 32.2. The summed E-state index contributed by atoms with van der Waals surface area (Å²) in [6, 6.07) is 77.9. The highest BCUT2D eigenvalue weighted by Crippen LogP contribution is 2.32. The predicted octanol–water partition coefficient (Wildman–Crippen LogP) is 15.5. The second-order valence-electron chi connectivity index (χ2n) is 14.5. The normalized spacial score (nSPS) is 11.3. The van der Waals surface area contributed by atoms with Gasteiger partial charge in [0.15, 0.2) is 0 Å². The highest BCUT2D eigenvalue weighted by molar-refractivity contribution is 6.02. The predicted molar refractivity (Wildman–Crippen MR) is 252 cm³/mol. The van der Waals surface area contributed by atoms with E-state index in [1.165, 1.54) is 66.1 Å². The van der Waals surface area contributed by atoms with Gasteiger partial charge in [-0.3, -0.25) is 0 Å². The largest absolute Gasteiger partial charge is 0.0622 e. The quantitative estimate of drug-likeness (QED) is 0.0968. The van der Waals surface area contributed by atoms with Gasteiger partial charge < -0.3 is 0 Å². The lowest BCUT2D eigenvalue weighted by molar-refractivity contribution is 1.54. The fraction of sp³-hybridized carbons (Fsp3) is 0. The first-order valence-electron chi connectivity index (χ1n) is 19.9. The van der Waals surface area contributed by atoms with Gasteiger partial charge in [-0.25, -0.2) is 0 Å². The fourth-order valence-electron chi connectivity index (χ4n) is 7.71. The summed E-state index contributed by atoms with van der Waals surface area (Å²) in [5.74, 6) is 0. The Labute approximate surface area is 341 Å². The van der Waals surface area contributed by atoms with Crippen LogP contribution in [0, 0.1) is 0 Å². The van der Waals surface area contributed by atoms with Crippen molar-refractivity contribution in [3.63, 3.8) is 0 Å². The first-order chi connectivity index (χ1) is 28.7. The molecule has 0 radical (unpaired) electrons. The molecule has 58 heavy (non-hydrogen) atoms. The van der Waals surface area contributed by atoms with Gasteiger partial charge in [0.1, 0.15) is 0 Å². The number of benzene rings is 9. The van der Waals surface area contributed by atoms with Crippen LogP contribution in [-0.4, -0.2) is 0 Å². The average molecular weight is 739 g/mol. The Morgan fingerprint density at radius 2 is 0.500 bits per heavy atom. The third kappa shape index (κ3) is 8.19.